The fourth-order valence-corrected chi connectivity index (χ4v) is 8.66. The van der Waals surface area contributed by atoms with Gasteiger partial charge in [0.2, 0.25) is 5.60 Å². The summed E-state index contributed by atoms with van der Waals surface area (Å²) >= 11 is 0. The number of carbonyl (C=O) groups is 3. The Labute approximate surface area is 390 Å². The van der Waals surface area contributed by atoms with E-state index in [-0.39, 0.29) is 19.3 Å². The molecule has 0 aliphatic heterocycles. The summed E-state index contributed by atoms with van der Waals surface area (Å²) in [6, 6.07) is 0. The lowest BCUT2D eigenvalue weighted by molar-refractivity contribution is -0.194. The van der Waals surface area contributed by atoms with Gasteiger partial charge in [0.25, 0.3) is 0 Å². The molecular formula is C57H104O6. The Bertz CT molecular complexity index is 1090. The fourth-order valence-electron chi connectivity index (χ4n) is 8.66. The smallest absolute Gasteiger partial charge is 0.219 e. The van der Waals surface area contributed by atoms with Crippen LogP contribution in [-0.4, -0.2) is 50.5 Å². The minimum atomic E-state index is -2.94. The van der Waals surface area contributed by atoms with Crippen molar-refractivity contribution in [3.8, 4) is 0 Å². The zero-order valence-electron chi connectivity index (χ0n) is 41.9. The maximum Gasteiger partial charge on any atom is 0.219 e. The molecular weight excluding hydrogens is 781 g/mol. The highest BCUT2D eigenvalue weighted by molar-refractivity contribution is 6.16. The van der Waals surface area contributed by atoms with Crippen LogP contribution in [0.1, 0.15) is 290 Å². The van der Waals surface area contributed by atoms with E-state index in [1.165, 1.54) is 116 Å². The van der Waals surface area contributed by atoms with Gasteiger partial charge in [-0.15, -0.1) is 0 Å². The number of allylic oxidation sites excluding steroid dienone is 6. The molecule has 368 valence electrons. The second-order valence-corrected chi connectivity index (χ2v) is 19.0. The van der Waals surface area contributed by atoms with Gasteiger partial charge >= 0.3 is 0 Å². The van der Waals surface area contributed by atoms with Crippen molar-refractivity contribution in [2.75, 3.05) is 6.61 Å². The summed E-state index contributed by atoms with van der Waals surface area (Å²) in [6.45, 7) is 5.57. The van der Waals surface area contributed by atoms with E-state index in [0.717, 1.165) is 116 Å². The molecule has 0 spiro atoms. The van der Waals surface area contributed by atoms with Crippen molar-refractivity contribution in [3.63, 3.8) is 0 Å². The molecule has 6 heteroatoms. The zero-order valence-corrected chi connectivity index (χ0v) is 41.9. The first-order valence-corrected chi connectivity index (χ1v) is 27.4. The molecule has 0 aliphatic rings. The molecule has 1 unspecified atom stereocenters. The van der Waals surface area contributed by atoms with Gasteiger partial charge in [0, 0.05) is 19.3 Å². The van der Waals surface area contributed by atoms with Gasteiger partial charge in [-0.2, -0.15) is 0 Å². The molecule has 0 aromatic carbocycles. The summed E-state index contributed by atoms with van der Waals surface area (Å²) in [5, 5.41) is 34.1. The molecule has 0 heterocycles. The van der Waals surface area contributed by atoms with Gasteiger partial charge in [0.05, 0.1) is 6.61 Å². The summed E-state index contributed by atoms with van der Waals surface area (Å²) in [4.78, 5) is 41.2. The van der Waals surface area contributed by atoms with E-state index in [9.17, 15) is 29.7 Å². The van der Waals surface area contributed by atoms with Crippen molar-refractivity contribution in [3.05, 3.63) is 36.5 Å². The Balaban J connectivity index is 4.98. The Hall–Kier alpha value is -1.89. The third-order valence-corrected chi connectivity index (χ3v) is 13.1. The highest BCUT2D eigenvalue weighted by atomic mass is 16.4. The molecule has 0 aromatic heterocycles. The van der Waals surface area contributed by atoms with Crippen LogP contribution in [0.25, 0.3) is 0 Å². The second kappa shape index (κ2) is 45.3. The molecule has 0 aromatic rings. The highest BCUT2D eigenvalue weighted by Crippen LogP contribution is 2.32. The molecule has 6 nitrogen and oxygen atoms in total. The number of hydrogen-bond acceptors (Lipinski definition) is 6. The van der Waals surface area contributed by atoms with Gasteiger partial charge in [-0.25, -0.2) is 0 Å². The van der Waals surface area contributed by atoms with E-state index >= 15 is 0 Å². The van der Waals surface area contributed by atoms with E-state index in [1.807, 2.05) is 0 Å². The van der Waals surface area contributed by atoms with Crippen molar-refractivity contribution in [2.45, 2.75) is 302 Å². The van der Waals surface area contributed by atoms with Crippen molar-refractivity contribution in [1.29, 1.82) is 0 Å². The Morgan fingerprint density at radius 1 is 0.317 bits per heavy atom. The molecule has 0 rings (SSSR count). The molecule has 0 saturated heterocycles. The van der Waals surface area contributed by atoms with Gasteiger partial charge in [-0.05, 0) is 96.3 Å². The quantitative estimate of drug-likeness (QED) is 0.0319. The van der Waals surface area contributed by atoms with Crippen LogP contribution in [0.3, 0.4) is 0 Å². The van der Waals surface area contributed by atoms with Crippen LogP contribution < -0.4 is 0 Å². The number of ketones is 3. The number of rotatable bonds is 50. The Morgan fingerprint density at radius 2 is 0.524 bits per heavy atom. The second-order valence-electron chi connectivity index (χ2n) is 19.0. The van der Waals surface area contributed by atoms with Crippen LogP contribution in [0.5, 0.6) is 0 Å². The van der Waals surface area contributed by atoms with Crippen molar-refractivity contribution in [2.24, 2.45) is 0 Å². The summed E-state index contributed by atoms with van der Waals surface area (Å²) in [5.41, 5.74) is -5.78. The first kappa shape index (κ1) is 61.1. The summed E-state index contributed by atoms with van der Waals surface area (Å²) in [5.74, 6) is -2.50. The lowest BCUT2D eigenvalue weighted by Gasteiger charge is -2.39. The van der Waals surface area contributed by atoms with Gasteiger partial charge < -0.3 is 15.3 Å². The monoisotopic (exact) mass is 885 g/mol. The normalized spacial score (nSPS) is 13.2. The van der Waals surface area contributed by atoms with Crippen LogP contribution in [-0.2, 0) is 14.4 Å². The molecule has 0 saturated carbocycles. The van der Waals surface area contributed by atoms with Gasteiger partial charge in [0.15, 0.2) is 23.0 Å². The first-order chi connectivity index (χ1) is 30.8. The summed E-state index contributed by atoms with van der Waals surface area (Å²) in [6.07, 6.45) is 56.4. The predicted molar refractivity (Wildman–Crippen MR) is 270 cm³/mol. The van der Waals surface area contributed by atoms with Crippen LogP contribution in [0.2, 0.25) is 0 Å². The largest absolute Gasteiger partial charge is 0.393 e. The standard InChI is InChI=1S/C57H104O6/c1-4-7-10-13-16-19-22-25-28-31-34-37-40-43-46-49-53(59)56(62,52-58)57(63,54(60)50-47-44-41-38-35-32-29-26-23-20-17-14-11-8-5-2)55(61)51-48-45-42-39-36-33-30-27-24-21-18-15-12-9-6-3/h25-30,58,62-63H,4-24,31-52H2,1-3H3/b28-25+,29-26+,30-27+. The minimum Gasteiger partial charge on any atom is -0.393 e. The van der Waals surface area contributed by atoms with Crippen LogP contribution in [0, 0.1) is 0 Å². The first-order valence-electron chi connectivity index (χ1n) is 27.4. The molecule has 1 atom stereocenters. The number of hydrogen-bond donors (Lipinski definition) is 3. The molecule has 63 heavy (non-hydrogen) atoms. The van der Waals surface area contributed by atoms with Crippen LogP contribution >= 0.6 is 0 Å². The van der Waals surface area contributed by atoms with E-state index in [4.69, 9.17) is 0 Å². The van der Waals surface area contributed by atoms with Crippen LogP contribution in [0.4, 0.5) is 0 Å². The lowest BCUT2D eigenvalue weighted by atomic mass is 9.71. The average Bonchev–Trinajstić information content (AvgIpc) is 3.29. The Kier molecular flexibility index (Phi) is 43.9. The molecule has 0 fully saturated rings. The molecule has 0 radical (unpaired) electrons. The van der Waals surface area contributed by atoms with Crippen LogP contribution in [0.15, 0.2) is 36.5 Å². The topological polar surface area (TPSA) is 112 Å². The molecule has 0 bridgehead atoms. The maximum absolute atomic E-state index is 13.8. The average molecular weight is 885 g/mol. The third kappa shape index (κ3) is 32.4. The number of unbranched alkanes of at least 4 members (excludes halogenated alkanes) is 33. The van der Waals surface area contributed by atoms with Crippen molar-refractivity contribution >= 4 is 17.3 Å². The maximum atomic E-state index is 13.8. The van der Waals surface area contributed by atoms with E-state index in [2.05, 4.69) is 57.2 Å². The summed E-state index contributed by atoms with van der Waals surface area (Å²) in [7, 11) is 0. The fraction of sp³-hybridized carbons (Fsp3) is 0.842. The van der Waals surface area contributed by atoms with Crippen molar-refractivity contribution in [1.82, 2.24) is 0 Å². The number of aliphatic hydroxyl groups is 3. The molecule has 0 amide bonds. The number of carbonyl (C=O) groups excluding carboxylic acids is 3. The van der Waals surface area contributed by atoms with E-state index in [0.29, 0.717) is 19.3 Å². The predicted octanol–water partition coefficient (Wildman–Crippen LogP) is 16.3. The molecule has 0 aliphatic carbocycles. The highest BCUT2D eigenvalue weighted by Gasteiger charge is 2.62. The van der Waals surface area contributed by atoms with Crippen molar-refractivity contribution < 1.29 is 29.7 Å². The van der Waals surface area contributed by atoms with Gasteiger partial charge in [-0.1, -0.05) is 211 Å². The third-order valence-electron chi connectivity index (χ3n) is 13.1. The number of aliphatic hydroxyl groups excluding tert-OH is 1. The molecule has 3 N–H and O–H groups in total. The lowest BCUT2D eigenvalue weighted by Crippen LogP contribution is -2.69. The van der Waals surface area contributed by atoms with Gasteiger partial charge in [0.1, 0.15) is 0 Å². The summed E-state index contributed by atoms with van der Waals surface area (Å²) < 4.78 is 0. The van der Waals surface area contributed by atoms with E-state index in [1.54, 1.807) is 0 Å². The van der Waals surface area contributed by atoms with E-state index < -0.39 is 35.2 Å². The zero-order chi connectivity index (χ0) is 46.4. The Morgan fingerprint density at radius 3 is 0.762 bits per heavy atom. The minimum absolute atomic E-state index is 0.0983. The van der Waals surface area contributed by atoms with Gasteiger partial charge in [-0.3, -0.25) is 14.4 Å². The SMILES string of the molecule is CCCCCCCC/C=C/CCCCCCCC(=O)C(O)(CO)C(O)(C(=O)CCCCCCC/C=C/CCCCCCCC)C(=O)CCCCCCC/C=C/CCCCCCCC. The number of Topliss-reactive ketones (excluding diaryl/α,β-unsaturated/α-hetero) is 3.